The Hall–Kier alpha value is -1.71. The molecule has 0 saturated carbocycles. The van der Waals surface area contributed by atoms with Crippen molar-refractivity contribution in [1.29, 1.82) is 0 Å². The molecule has 17 heavy (non-hydrogen) atoms. The highest BCUT2D eigenvalue weighted by molar-refractivity contribution is 5.75. The molecule has 0 aliphatic carbocycles. The summed E-state index contributed by atoms with van der Waals surface area (Å²) in [5.41, 5.74) is 0.892. The summed E-state index contributed by atoms with van der Waals surface area (Å²) in [4.78, 5) is 11.6. The summed E-state index contributed by atoms with van der Waals surface area (Å²) in [5, 5.41) is 3.15. The van der Waals surface area contributed by atoms with Crippen molar-refractivity contribution in [3.8, 4) is 0 Å². The van der Waals surface area contributed by atoms with Gasteiger partial charge in [0.1, 0.15) is 5.76 Å². The number of esters is 1. The molecule has 1 heterocycles. The van der Waals surface area contributed by atoms with E-state index < -0.39 is 6.10 Å². The predicted molar refractivity (Wildman–Crippen MR) is 66.2 cm³/mol. The topological polar surface area (TPSA) is 47.6 Å². The van der Waals surface area contributed by atoms with Gasteiger partial charge in [-0.1, -0.05) is 18.2 Å². The van der Waals surface area contributed by atoms with E-state index in [2.05, 4.69) is 5.32 Å². The van der Waals surface area contributed by atoms with E-state index in [1.165, 1.54) is 0 Å². The lowest BCUT2D eigenvalue weighted by molar-refractivity contribution is -0.154. The van der Waals surface area contributed by atoms with Gasteiger partial charge in [0, 0.05) is 0 Å². The minimum Gasteiger partial charge on any atom is -0.475 e. The first-order valence-corrected chi connectivity index (χ1v) is 5.79. The van der Waals surface area contributed by atoms with Crippen molar-refractivity contribution in [2.75, 3.05) is 13.2 Å². The van der Waals surface area contributed by atoms with Gasteiger partial charge >= 0.3 is 5.97 Å². The van der Waals surface area contributed by atoms with Crippen LogP contribution in [0.3, 0.4) is 0 Å². The van der Waals surface area contributed by atoms with Gasteiger partial charge in [0.25, 0.3) is 0 Å². The van der Waals surface area contributed by atoms with Crippen LogP contribution in [0.2, 0.25) is 0 Å². The van der Waals surface area contributed by atoms with E-state index in [0.717, 1.165) is 5.70 Å². The number of hydrogen-bond acceptors (Lipinski definition) is 4. The Balaban J connectivity index is 2.76. The normalized spacial score (nSPS) is 24.8. The zero-order chi connectivity index (χ0) is 12.7. The van der Waals surface area contributed by atoms with Gasteiger partial charge in [0.2, 0.25) is 6.10 Å². The molecule has 0 aromatic carbocycles. The van der Waals surface area contributed by atoms with Gasteiger partial charge in [-0.2, -0.15) is 0 Å². The van der Waals surface area contributed by atoms with Crippen LogP contribution in [0.15, 0.2) is 35.8 Å². The summed E-state index contributed by atoms with van der Waals surface area (Å²) < 4.78 is 10.5. The molecule has 1 aliphatic heterocycles. The SMILES string of the molecule is C\C=C/C=C1/OC(C(=O)OCC)CN/C1=C/C. The second kappa shape index (κ2) is 6.78. The monoisotopic (exact) mass is 237 g/mol. The van der Waals surface area contributed by atoms with Crippen LogP contribution in [0.1, 0.15) is 20.8 Å². The Morgan fingerprint density at radius 2 is 2.35 bits per heavy atom. The fourth-order valence-electron chi connectivity index (χ4n) is 1.47. The van der Waals surface area contributed by atoms with E-state index in [4.69, 9.17) is 9.47 Å². The van der Waals surface area contributed by atoms with Gasteiger partial charge in [-0.25, -0.2) is 4.79 Å². The molecular weight excluding hydrogens is 218 g/mol. The molecule has 4 heteroatoms. The summed E-state index contributed by atoms with van der Waals surface area (Å²) >= 11 is 0. The van der Waals surface area contributed by atoms with Crippen LogP contribution in [0, 0.1) is 0 Å². The standard InChI is InChI=1S/C13H19NO3/c1-4-7-8-11-10(5-2)14-9-12(17-11)13(15)16-6-3/h4-5,7-8,12,14H,6,9H2,1-3H3/b7-4-,10-5+,11-8+. The molecule has 0 aromatic heterocycles. The molecule has 0 bridgehead atoms. The molecular formula is C13H19NO3. The smallest absolute Gasteiger partial charge is 0.349 e. The first-order valence-electron chi connectivity index (χ1n) is 5.79. The van der Waals surface area contributed by atoms with Crippen molar-refractivity contribution in [3.05, 3.63) is 35.8 Å². The van der Waals surface area contributed by atoms with Gasteiger partial charge < -0.3 is 14.8 Å². The molecule has 0 spiro atoms. The van der Waals surface area contributed by atoms with Crippen LogP contribution in [-0.4, -0.2) is 25.2 Å². The maximum absolute atomic E-state index is 11.6. The first kappa shape index (κ1) is 13.4. The maximum atomic E-state index is 11.6. The van der Waals surface area contributed by atoms with Gasteiger partial charge in [-0.15, -0.1) is 0 Å². The molecule has 1 fully saturated rings. The number of ether oxygens (including phenoxy) is 2. The second-order valence-corrected chi connectivity index (χ2v) is 3.50. The number of carbonyl (C=O) groups excluding carboxylic acids is 1. The van der Waals surface area contributed by atoms with E-state index in [0.29, 0.717) is 18.9 Å². The van der Waals surface area contributed by atoms with E-state index >= 15 is 0 Å². The fraction of sp³-hybridized carbons (Fsp3) is 0.462. The summed E-state index contributed by atoms with van der Waals surface area (Å²) in [6, 6.07) is 0. The van der Waals surface area contributed by atoms with Crippen LogP contribution >= 0.6 is 0 Å². The Morgan fingerprint density at radius 1 is 1.59 bits per heavy atom. The average molecular weight is 237 g/mol. The fourth-order valence-corrected chi connectivity index (χ4v) is 1.47. The van der Waals surface area contributed by atoms with Crippen molar-refractivity contribution in [3.63, 3.8) is 0 Å². The van der Waals surface area contributed by atoms with Crippen molar-refractivity contribution in [2.24, 2.45) is 0 Å². The molecule has 4 nitrogen and oxygen atoms in total. The Bertz CT molecular complexity index is 356. The van der Waals surface area contributed by atoms with Crippen molar-refractivity contribution >= 4 is 5.97 Å². The van der Waals surface area contributed by atoms with Crippen molar-refractivity contribution in [1.82, 2.24) is 5.32 Å². The van der Waals surface area contributed by atoms with Crippen molar-refractivity contribution in [2.45, 2.75) is 26.9 Å². The highest BCUT2D eigenvalue weighted by atomic mass is 16.6. The van der Waals surface area contributed by atoms with Crippen LogP contribution in [0.25, 0.3) is 0 Å². The second-order valence-electron chi connectivity index (χ2n) is 3.50. The molecule has 0 amide bonds. The van der Waals surface area contributed by atoms with Gasteiger partial charge in [0.05, 0.1) is 18.8 Å². The van der Waals surface area contributed by atoms with Crippen LogP contribution in [0.4, 0.5) is 0 Å². The third-order valence-corrected chi connectivity index (χ3v) is 2.29. The molecule has 1 atom stereocenters. The number of allylic oxidation sites excluding steroid dienone is 4. The van der Waals surface area contributed by atoms with E-state index in [-0.39, 0.29) is 5.97 Å². The van der Waals surface area contributed by atoms with Crippen LogP contribution in [-0.2, 0) is 14.3 Å². The summed E-state index contributed by atoms with van der Waals surface area (Å²) in [7, 11) is 0. The summed E-state index contributed by atoms with van der Waals surface area (Å²) in [6.07, 6.45) is 6.94. The predicted octanol–water partition coefficient (Wildman–Crippen LogP) is 1.90. The summed E-state index contributed by atoms with van der Waals surface area (Å²) in [6.45, 7) is 6.42. The van der Waals surface area contributed by atoms with Gasteiger partial charge in [0.15, 0.2) is 0 Å². The summed E-state index contributed by atoms with van der Waals surface area (Å²) in [5.74, 6) is 0.330. The number of morpholine rings is 1. The first-order chi connectivity index (χ1) is 8.22. The quantitative estimate of drug-likeness (QED) is 0.762. The molecule has 1 N–H and O–H groups in total. The van der Waals surface area contributed by atoms with Gasteiger partial charge in [-0.3, -0.25) is 0 Å². The van der Waals surface area contributed by atoms with E-state index in [1.807, 2.05) is 38.2 Å². The number of rotatable bonds is 3. The van der Waals surface area contributed by atoms with Crippen LogP contribution in [0.5, 0.6) is 0 Å². The Kier molecular flexibility index (Phi) is 5.33. The number of nitrogens with one attached hydrogen (secondary N) is 1. The van der Waals surface area contributed by atoms with E-state index in [1.54, 1.807) is 6.92 Å². The molecule has 1 aliphatic rings. The third-order valence-electron chi connectivity index (χ3n) is 2.29. The highest BCUT2D eigenvalue weighted by Gasteiger charge is 2.27. The van der Waals surface area contributed by atoms with Crippen molar-refractivity contribution < 1.29 is 14.3 Å². The average Bonchev–Trinajstić information content (AvgIpc) is 2.36. The lowest BCUT2D eigenvalue weighted by Crippen LogP contribution is -2.41. The molecule has 1 unspecified atom stereocenters. The zero-order valence-corrected chi connectivity index (χ0v) is 10.5. The minimum absolute atomic E-state index is 0.332. The molecule has 1 saturated heterocycles. The molecule has 1 rings (SSSR count). The van der Waals surface area contributed by atoms with Crippen LogP contribution < -0.4 is 5.32 Å². The number of carbonyl (C=O) groups is 1. The lowest BCUT2D eigenvalue weighted by atomic mass is 10.2. The van der Waals surface area contributed by atoms with Gasteiger partial charge in [-0.05, 0) is 26.8 Å². The number of hydrogen-bond donors (Lipinski definition) is 1. The largest absolute Gasteiger partial charge is 0.475 e. The maximum Gasteiger partial charge on any atom is 0.349 e. The Labute approximate surface area is 102 Å². The lowest BCUT2D eigenvalue weighted by Gasteiger charge is -2.27. The zero-order valence-electron chi connectivity index (χ0n) is 10.5. The molecule has 0 aromatic rings. The molecule has 0 radical (unpaired) electrons. The Morgan fingerprint density at radius 3 is 2.94 bits per heavy atom. The highest BCUT2D eigenvalue weighted by Crippen LogP contribution is 2.17. The third kappa shape index (κ3) is 3.66. The van der Waals surface area contributed by atoms with E-state index in [9.17, 15) is 4.79 Å². The molecule has 94 valence electrons. The minimum atomic E-state index is -0.574.